The molecule has 0 bridgehead atoms. The Bertz CT molecular complexity index is 552. The molecule has 0 aromatic carbocycles. The van der Waals surface area contributed by atoms with Gasteiger partial charge in [0.2, 0.25) is 0 Å². The first-order valence-corrected chi connectivity index (χ1v) is 6.45. The average Bonchev–Trinajstić information content (AvgIpc) is 3.31. The van der Waals surface area contributed by atoms with Crippen molar-refractivity contribution in [2.75, 3.05) is 0 Å². The van der Waals surface area contributed by atoms with E-state index in [2.05, 4.69) is 9.97 Å². The first kappa shape index (κ1) is 11.8. The molecule has 1 fully saturated rings. The van der Waals surface area contributed by atoms with Crippen molar-refractivity contribution < 1.29 is 4.79 Å². The molecule has 4 nitrogen and oxygen atoms in total. The van der Waals surface area contributed by atoms with Gasteiger partial charge in [0, 0.05) is 31.2 Å². The molecule has 1 aliphatic rings. The van der Waals surface area contributed by atoms with Crippen LogP contribution in [-0.4, -0.2) is 26.8 Å². The third-order valence-electron chi connectivity index (χ3n) is 3.23. The smallest absolute Gasteiger partial charge is 0.272 e. The first-order valence-electron chi connectivity index (χ1n) is 6.45. The molecule has 0 unspecified atom stereocenters. The highest BCUT2D eigenvalue weighted by Gasteiger charge is 2.33. The Labute approximate surface area is 112 Å². The second-order valence-corrected chi connectivity index (χ2v) is 4.73. The van der Waals surface area contributed by atoms with Crippen molar-refractivity contribution in [1.29, 1.82) is 0 Å². The number of carbonyl (C=O) groups is 1. The molecule has 3 rings (SSSR count). The second kappa shape index (κ2) is 5.18. The van der Waals surface area contributed by atoms with Crippen molar-refractivity contribution in [3.63, 3.8) is 0 Å². The molecule has 0 aliphatic heterocycles. The minimum Gasteiger partial charge on any atom is -0.330 e. The fourth-order valence-corrected chi connectivity index (χ4v) is 2.07. The predicted molar refractivity (Wildman–Crippen MR) is 71.4 cm³/mol. The number of hydrogen-bond acceptors (Lipinski definition) is 3. The third-order valence-corrected chi connectivity index (χ3v) is 3.23. The summed E-state index contributed by atoms with van der Waals surface area (Å²) in [5.74, 6) is 0.0138. The van der Waals surface area contributed by atoms with Crippen LogP contribution < -0.4 is 0 Å². The molecule has 2 aromatic heterocycles. The van der Waals surface area contributed by atoms with E-state index in [0.29, 0.717) is 18.3 Å². The van der Waals surface area contributed by atoms with Crippen molar-refractivity contribution in [1.82, 2.24) is 14.9 Å². The number of amides is 1. The molecule has 0 spiro atoms. The average molecular weight is 253 g/mol. The Morgan fingerprint density at radius 3 is 2.58 bits per heavy atom. The zero-order valence-corrected chi connectivity index (χ0v) is 10.6. The van der Waals surface area contributed by atoms with E-state index in [4.69, 9.17) is 0 Å². The van der Waals surface area contributed by atoms with Crippen molar-refractivity contribution in [3.8, 4) is 0 Å². The van der Waals surface area contributed by atoms with Crippen molar-refractivity contribution in [2.45, 2.75) is 25.4 Å². The van der Waals surface area contributed by atoms with E-state index in [9.17, 15) is 4.79 Å². The molecule has 1 aliphatic carbocycles. The molecule has 0 N–H and O–H groups in total. The van der Waals surface area contributed by atoms with Gasteiger partial charge in [-0.25, -0.2) is 0 Å². The summed E-state index contributed by atoms with van der Waals surface area (Å²) in [6.45, 7) is 0.628. The van der Waals surface area contributed by atoms with E-state index >= 15 is 0 Å². The molecule has 96 valence electrons. The minimum absolute atomic E-state index is 0.0138. The minimum atomic E-state index is 0.0138. The van der Waals surface area contributed by atoms with Crippen LogP contribution in [0.4, 0.5) is 0 Å². The topological polar surface area (TPSA) is 46.1 Å². The van der Waals surface area contributed by atoms with Gasteiger partial charge in [-0.15, -0.1) is 0 Å². The van der Waals surface area contributed by atoms with Crippen LogP contribution in [0, 0.1) is 0 Å². The molecule has 0 saturated heterocycles. The zero-order valence-electron chi connectivity index (χ0n) is 10.6. The molecule has 0 radical (unpaired) electrons. The number of pyridine rings is 2. The summed E-state index contributed by atoms with van der Waals surface area (Å²) in [4.78, 5) is 22.5. The normalized spacial score (nSPS) is 14.1. The van der Waals surface area contributed by atoms with Crippen molar-refractivity contribution >= 4 is 5.91 Å². The summed E-state index contributed by atoms with van der Waals surface area (Å²) < 4.78 is 0. The monoisotopic (exact) mass is 253 g/mol. The third kappa shape index (κ3) is 2.78. The summed E-state index contributed by atoms with van der Waals surface area (Å²) in [6.07, 6.45) is 7.34. The lowest BCUT2D eigenvalue weighted by Gasteiger charge is -2.22. The number of carbonyl (C=O) groups excluding carboxylic acids is 1. The van der Waals surface area contributed by atoms with Crippen molar-refractivity contribution in [3.05, 3.63) is 60.2 Å². The molecule has 0 atom stereocenters. The summed E-state index contributed by atoms with van der Waals surface area (Å²) in [7, 11) is 0. The quantitative estimate of drug-likeness (QED) is 0.839. The first-order chi connectivity index (χ1) is 9.34. The van der Waals surface area contributed by atoms with Crippen LogP contribution in [0.5, 0.6) is 0 Å². The molecule has 2 aromatic rings. The molecular formula is C15H15N3O. The zero-order chi connectivity index (χ0) is 13.1. The van der Waals surface area contributed by atoms with E-state index in [1.165, 1.54) is 0 Å². The number of nitrogens with zero attached hydrogens (tertiary/aromatic N) is 3. The SMILES string of the molecule is O=C(c1ccccn1)N(Cc1ccncc1)C1CC1. The van der Waals surface area contributed by atoms with Crippen LogP contribution in [0.15, 0.2) is 48.9 Å². The van der Waals surface area contributed by atoms with Crippen LogP contribution in [0.1, 0.15) is 28.9 Å². The van der Waals surface area contributed by atoms with Crippen molar-refractivity contribution in [2.24, 2.45) is 0 Å². The highest BCUT2D eigenvalue weighted by Crippen LogP contribution is 2.29. The van der Waals surface area contributed by atoms with E-state index < -0.39 is 0 Å². The highest BCUT2D eigenvalue weighted by molar-refractivity contribution is 5.92. The van der Waals surface area contributed by atoms with Gasteiger partial charge in [0.15, 0.2) is 0 Å². The summed E-state index contributed by atoms with van der Waals surface area (Å²) >= 11 is 0. The van der Waals surface area contributed by atoms with Crippen LogP contribution >= 0.6 is 0 Å². The van der Waals surface area contributed by atoms with E-state index in [-0.39, 0.29) is 5.91 Å². The predicted octanol–water partition coefficient (Wildman–Crippen LogP) is 2.28. The van der Waals surface area contributed by atoms with Crippen LogP contribution in [-0.2, 0) is 6.54 Å². The molecule has 2 heterocycles. The maximum absolute atomic E-state index is 12.5. The summed E-state index contributed by atoms with van der Waals surface area (Å²) in [5.41, 5.74) is 1.62. The number of hydrogen-bond donors (Lipinski definition) is 0. The summed E-state index contributed by atoms with van der Waals surface area (Å²) in [5, 5.41) is 0. The van der Waals surface area contributed by atoms with Gasteiger partial charge < -0.3 is 4.90 Å². The molecule has 4 heteroatoms. The highest BCUT2D eigenvalue weighted by atomic mass is 16.2. The Morgan fingerprint density at radius 1 is 1.16 bits per heavy atom. The Balaban J connectivity index is 1.80. The van der Waals surface area contributed by atoms with Crippen LogP contribution in [0.3, 0.4) is 0 Å². The van der Waals surface area contributed by atoms with E-state index in [0.717, 1.165) is 18.4 Å². The van der Waals surface area contributed by atoms with Gasteiger partial charge in [0.25, 0.3) is 5.91 Å². The van der Waals surface area contributed by atoms with Gasteiger partial charge in [0.05, 0.1) is 0 Å². The van der Waals surface area contributed by atoms with Gasteiger partial charge in [0.1, 0.15) is 5.69 Å². The van der Waals surface area contributed by atoms with Gasteiger partial charge in [-0.3, -0.25) is 14.8 Å². The lowest BCUT2D eigenvalue weighted by atomic mass is 10.2. The largest absolute Gasteiger partial charge is 0.330 e. The summed E-state index contributed by atoms with van der Waals surface area (Å²) in [6, 6.07) is 9.69. The molecule has 1 saturated carbocycles. The van der Waals surface area contributed by atoms with E-state index in [1.54, 1.807) is 24.7 Å². The number of rotatable bonds is 4. The lowest BCUT2D eigenvalue weighted by molar-refractivity contribution is 0.0724. The van der Waals surface area contributed by atoms with Gasteiger partial charge in [-0.05, 0) is 42.7 Å². The molecular weight excluding hydrogens is 238 g/mol. The van der Waals surface area contributed by atoms with Crippen LogP contribution in [0.2, 0.25) is 0 Å². The maximum atomic E-state index is 12.5. The molecule has 19 heavy (non-hydrogen) atoms. The standard InChI is InChI=1S/C15H15N3O/c19-15(14-3-1-2-8-17-14)18(13-4-5-13)11-12-6-9-16-10-7-12/h1-3,6-10,13H,4-5,11H2. The van der Waals surface area contributed by atoms with E-state index in [1.807, 2.05) is 29.2 Å². The van der Waals surface area contributed by atoms with Gasteiger partial charge in [-0.2, -0.15) is 0 Å². The van der Waals surface area contributed by atoms with Gasteiger partial charge >= 0.3 is 0 Å². The maximum Gasteiger partial charge on any atom is 0.272 e. The Kier molecular flexibility index (Phi) is 3.23. The fraction of sp³-hybridized carbons (Fsp3) is 0.267. The fourth-order valence-electron chi connectivity index (χ4n) is 2.07. The Morgan fingerprint density at radius 2 is 1.95 bits per heavy atom. The van der Waals surface area contributed by atoms with Crippen LogP contribution in [0.25, 0.3) is 0 Å². The number of aromatic nitrogens is 2. The Hall–Kier alpha value is -2.23. The van der Waals surface area contributed by atoms with Gasteiger partial charge in [-0.1, -0.05) is 6.07 Å². The lowest BCUT2D eigenvalue weighted by Crippen LogP contribution is -2.33. The second-order valence-electron chi connectivity index (χ2n) is 4.73. The molecule has 1 amide bonds.